The monoisotopic (exact) mass is 836 g/mol. The second kappa shape index (κ2) is 16.2. The van der Waals surface area contributed by atoms with E-state index >= 15 is 0 Å². The zero-order chi connectivity index (χ0) is 42.6. The molecule has 18 heteroatoms. The Labute approximate surface area is 350 Å². The van der Waals surface area contributed by atoms with Crippen LogP contribution in [0, 0.1) is 23.2 Å². The number of piperidine rings is 1. The molecule has 320 valence electrons. The van der Waals surface area contributed by atoms with E-state index in [1.54, 1.807) is 17.9 Å². The number of anilines is 2. The molecule has 2 N–H and O–H groups in total. The summed E-state index contributed by atoms with van der Waals surface area (Å²) >= 11 is 0. The Morgan fingerprint density at radius 2 is 1.77 bits per heavy atom. The molecule has 3 amide bonds. The molecule has 0 spiro atoms. The second-order valence-electron chi connectivity index (χ2n) is 17.7. The van der Waals surface area contributed by atoms with E-state index in [1.807, 2.05) is 24.3 Å². The lowest BCUT2D eigenvalue weighted by molar-refractivity contribution is -0.135. The Kier molecular flexibility index (Phi) is 10.7. The van der Waals surface area contributed by atoms with E-state index in [0.29, 0.717) is 34.7 Å². The molecule has 0 radical (unpaired) electrons. The summed E-state index contributed by atoms with van der Waals surface area (Å²) in [6.45, 7) is 11.2. The van der Waals surface area contributed by atoms with Crippen molar-refractivity contribution in [2.45, 2.75) is 70.9 Å². The smallest absolute Gasteiger partial charge is 0.329 e. The topological polar surface area (TPSA) is 160 Å². The van der Waals surface area contributed by atoms with Crippen LogP contribution >= 0.6 is 0 Å². The van der Waals surface area contributed by atoms with Crippen molar-refractivity contribution in [3.63, 3.8) is 0 Å². The molecule has 1 unspecified atom stereocenters. The van der Waals surface area contributed by atoms with Crippen LogP contribution in [0.5, 0.6) is 0 Å². The number of nitrogens with zero attached hydrogens (tertiary/aromatic N) is 10. The normalized spacial score (nSPS) is 22.3. The van der Waals surface area contributed by atoms with Crippen LogP contribution in [-0.2, 0) is 16.6 Å². The molecule has 4 fully saturated rings. The quantitative estimate of drug-likeness (QED) is 0.164. The lowest BCUT2D eigenvalue weighted by atomic mass is 9.84. The third kappa shape index (κ3) is 8.04. The molecule has 9 rings (SSSR count). The van der Waals surface area contributed by atoms with Crippen LogP contribution in [0.3, 0.4) is 0 Å². The number of rotatable bonds is 9. The molecule has 5 aromatic rings. The van der Waals surface area contributed by atoms with Crippen LogP contribution in [0.4, 0.5) is 20.3 Å². The molecule has 7 heterocycles. The van der Waals surface area contributed by atoms with E-state index in [0.717, 1.165) is 77.3 Å². The highest BCUT2D eigenvalue weighted by Gasteiger charge is 2.36. The van der Waals surface area contributed by atoms with Crippen LogP contribution in [0.1, 0.15) is 92.5 Å². The van der Waals surface area contributed by atoms with Gasteiger partial charge < -0.3 is 15.1 Å². The number of aryl methyl sites for hydroxylation is 1. The molecule has 3 saturated heterocycles. The molecular weight excluding hydrogens is 787 g/mol. The summed E-state index contributed by atoms with van der Waals surface area (Å²) in [6.07, 6.45) is 5.81. The predicted molar refractivity (Wildman–Crippen MR) is 223 cm³/mol. The number of piperazine rings is 1. The molecule has 1 aromatic carbocycles. The zero-order valence-electron chi connectivity index (χ0n) is 34.6. The first-order chi connectivity index (χ1) is 29.3. The fourth-order valence-corrected chi connectivity index (χ4v) is 9.49. The number of alkyl halides is 2. The highest BCUT2D eigenvalue weighted by molar-refractivity contribution is 6.08. The largest absolute Gasteiger partial charge is 0.355 e. The van der Waals surface area contributed by atoms with Gasteiger partial charge in [0.1, 0.15) is 17.4 Å². The number of carbonyl (C=O) groups excluding carboxylic acids is 3. The van der Waals surface area contributed by atoms with Gasteiger partial charge in [-0.15, -0.1) is 0 Å². The summed E-state index contributed by atoms with van der Waals surface area (Å²) in [5, 5.41) is 13.6. The van der Waals surface area contributed by atoms with Crippen LogP contribution in [0.2, 0.25) is 0 Å². The number of amides is 3. The third-order valence-electron chi connectivity index (χ3n) is 12.7. The Morgan fingerprint density at radius 3 is 2.49 bits per heavy atom. The zero-order valence-corrected chi connectivity index (χ0v) is 34.6. The molecule has 61 heavy (non-hydrogen) atoms. The standard InChI is InChI=1S/C43H50F2N12O4/c1-43(2)25-54(26-43)34-15-17-55-39(48-34)30(22-46-55)40(59)47-31-24-56(50-36(31)38(44)45)29-11-9-27(10-12-29)23-53-20-18-52(19-21-53)16-5-7-28-6-4-8-32-37(28)51(3)42(61)57(32)33-13-14-35(58)49-41(33)60/h4,6,8,15,17,22,24,27,29,33,38H,9-14,16,18-21,23,25-26H2,1-3H3,(H,47,59)(H,49,58,60). The average molecular weight is 837 g/mol. The maximum absolute atomic E-state index is 14.3. The van der Waals surface area contributed by atoms with Gasteiger partial charge in [-0.05, 0) is 61.6 Å². The highest BCUT2D eigenvalue weighted by atomic mass is 19.3. The Hall–Kier alpha value is -5.93. The Morgan fingerprint density at radius 1 is 1.02 bits per heavy atom. The molecule has 16 nitrogen and oxygen atoms in total. The first-order valence-electron chi connectivity index (χ1n) is 21.1. The summed E-state index contributed by atoms with van der Waals surface area (Å²) < 4.78 is 34.6. The SMILES string of the molecule is Cn1c(=O)n(C2CCC(=O)NC2=O)c2cccc(C#CCN3CCN(CC4CCC(n5cc(NC(=O)c6cnn7ccc(N8CC(C)(C)C8)nc67)c(C(F)F)n5)CC4)CC3)c21. The molecule has 0 bridgehead atoms. The third-order valence-corrected chi connectivity index (χ3v) is 12.7. The fraction of sp³-hybridized carbons (Fsp3) is 0.512. The molecule has 3 aliphatic heterocycles. The number of imide groups is 1. The summed E-state index contributed by atoms with van der Waals surface area (Å²) in [5.41, 5.74) is 1.97. The number of halogens is 2. The minimum absolute atomic E-state index is 0.00350. The Bertz CT molecular complexity index is 2630. The van der Waals surface area contributed by atoms with E-state index in [9.17, 15) is 28.0 Å². The van der Waals surface area contributed by atoms with Crippen molar-refractivity contribution in [3.05, 3.63) is 70.2 Å². The van der Waals surface area contributed by atoms with E-state index in [-0.39, 0.29) is 47.1 Å². The average Bonchev–Trinajstić information content (AvgIpc) is 3.92. The van der Waals surface area contributed by atoms with E-state index in [2.05, 4.69) is 66.2 Å². The lowest BCUT2D eigenvalue weighted by Crippen LogP contribution is -2.53. The number of imidazole rings is 1. The van der Waals surface area contributed by atoms with Crippen molar-refractivity contribution < 1.29 is 23.2 Å². The number of hydrogen-bond donors (Lipinski definition) is 2. The fourth-order valence-electron chi connectivity index (χ4n) is 9.49. The van der Waals surface area contributed by atoms with Gasteiger partial charge in [-0.3, -0.25) is 38.4 Å². The number of carbonyl (C=O) groups is 3. The van der Waals surface area contributed by atoms with Crippen LogP contribution in [0.25, 0.3) is 16.7 Å². The summed E-state index contributed by atoms with van der Waals surface area (Å²) in [4.78, 5) is 62.7. The van der Waals surface area contributed by atoms with Crippen LogP contribution in [0.15, 0.2) is 47.7 Å². The van der Waals surface area contributed by atoms with Gasteiger partial charge in [-0.2, -0.15) is 10.2 Å². The van der Waals surface area contributed by atoms with E-state index in [1.165, 1.54) is 26.0 Å². The van der Waals surface area contributed by atoms with Crippen molar-refractivity contribution in [2.24, 2.45) is 18.4 Å². The summed E-state index contributed by atoms with van der Waals surface area (Å²) in [5.74, 6) is 6.44. The van der Waals surface area contributed by atoms with Gasteiger partial charge in [0, 0.05) is 71.7 Å². The van der Waals surface area contributed by atoms with Crippen molar-refractivity contribution in [1.29, 1.82) is 0 Å². The van der Waals surface area contributed by atoms with Gasteiger partial charge in [-0.25, -0.2) is 23.1 Å². The van der Waals surface area contributed by atoms with Crippen molar-refractivity contribution in [2.75, 3.05) is 62.6 Å². The Balaban J connectivity index is 0.767. The van der Waals surface area contributed by atoms with E-state index < -0.39 is 30.0 Å². The number of para-hydroxylation sites is 1. The molecule has 4 aliphatic rings. The highest BCUT2D eigenvalue weighted by Crippen LogP contribution is 2.36. The van der Waals surface area contributed by atoms with Crippen LogP contribution in [-0.4, -0.2) is 113 Å². The van der Waals surface area contributed by atoms with Crippen molar-refractivity contribution in [3.8, 4) is 11.8 Å². The van der Waals surface area contributed by atoms with Gasteiger partial charge in [-0.1, -0.05) is 31.8 Å². The van der Waals surface area contributed by atoms with Gasteiger partial charge in [0.15, 0.2) is 11.3 Å². The second-order valence-corrected chi connectivity index (χ2v) is 17.7. The predicted octanol–water partition coefficient (Wildman–Crippen LogP) is 3.99. The molecule has 1 aliphatic carbocycles. The van der Waals surface area contributed by atoms with Crippen molar-refractivity contribution in [1.82, 2.24) is 48.6 Å². The maximum Gasteiger partial charge on any atom is 0.329 e. The van der Waals surface area contributed by atoms with E-state index in [4.69, 9.17) is 0 Å². The molecular formula is C43H50F2N12O4. The number of aromatic nitrogens is 7. The maximum atomic E-state index is 14.3. The van der Waals surface area contributed by atoms with Gasteiger partial charge in [0.25, 0.3) is 12.3 Å². The molecule has 1 atom stereocenters. The van der Waals surface area contributed by atoms with Gasteiger partial charge in [0.05, 0.1) is 41.1 Å². The first-order valence-corrected chi connectivity index (χ1v) is 21.1. The number of nitrogens with one attached hydrogen (secondary N) is 2. The molecule has 4 aromatic heterocycles. The lowest BCUT2D eigenvalue weighted by Gasteiger charge is -2.46. The van der Waals surface area contributed by atoms with Crippen molar-refractivity contribution >= 4 is 45.9 Å². The van der Waals surface area contributed by atoms with Crippen LogP contribution < -0.4 is 21.2 Å². The first kappa shape index (κ1) is 40.5. The van der Waals surface area contributed by atoms with Gasteiger partial charge >= 0.3 is 5.69 Å². The number of benzene rings is 1. The summed E-state index contributed by atoms with van der Waals surface area (Å²) in [6, 6.07) is 6.59. The molecule has 1 saturated carbocycles. The minimum Gasteiger partial charge on any atom is -0.355 e. The summed E-state index contributed by atoms with van der Waals surface area (Å²) in [7, 11) is 1.68. The number of fused-ring (bicyclic) bond motifs is 2. The number of hydrogen-bond acceptors (Lipinski definition) is 10. The van der Waals surface area contributed by atoms with Gasteiger partial charge in [0.2, 0.25) is 11.8 Å². The minimum atomic E-state index is -2.86.